The Bertz CT molecular complexity index is 240. The summed E-state index contributed by atoms with van der Waals surface area (Å²) in [7, 11) is 0. The zero-order valence-corrected chi connectivity index (χ0v) is 12.8. The minimum atomic E-state index is 0.603. The van der Waals surface area contributed by atoms with Gasteiger partial charge in [0.15, 0.2) is 0 Å². The van der Waals surface area contributed by atoms with Crippen molar-refractivity contribution in [3.63, 3.8) is 0 Å². The molecule has 106 valence electrons. The van der Waals surface area contributed by atoms with Crippen LogP contribution < -0.4 is 5.32 Å². The molecule has 2 unspecified atom stereocenters. The van der Waals surface area contributed by atoms with Crippen molar-refractivity contribution in [2.45, 2.75) is 72.1 Å². The zero-order valence-electron chi connectivity index (χ0n) is 12.8. The fraction of sp³-hybridized carbons (Fsp3) is 1.00. The van der Waals surface area contributed by atoms with E-state index in [4.69, 9.17) is 0 Å². The second-order valence-electron chi connectivity index (χ2n) is 7.62. The van der Waals surface area contributed by atoms with E-state index in [1.165, 1.54) is 57.9 Å². The molecule has 0 spiro atoms. The van der Waals surface area contributed by atoms with E-state index in [9.17, 15) is 0 Å². The fourth-order valence-electron chi connectivity index (χ4n) is 4.34. The molecule has 0 radical (unpaired) electrons. The Kier molecular flexibility index (Phi) is 5.12. The van der Waals surface area contributed by atoms with Gasteiger partial charge in [0.25, 0.3) is 0 Å². The summed E-state index contributed by atoms with van der Waals surface area (Å²) in [5.41, 5.74) is 0.603. The average molecular weight is 251 g/mol. The summed E-state index contributed by atoms with van der Waals surface area (Å²) in [4.78, 5) is 0. The van der Waals surface area contributed by atoms with Crippen molar-refractivity contribution in [3.8, 4) is 0 Å². The first kappa shape index (κ1) is 14.4. The standard InChI is InChI=1S/C17H33N/c1-4-18-13-15-9-10-17(2,3)12-16(15)11-14-7-5-6-8-14/h14-16,18H,4-13H2,1-3H3. The van der Waals surface area contributed by atoms with Crippen LogP contribution in [-0.4, -0.2) is 13.1 Å². The number of hydrogen-bond donors (Lipinski definition) is 1. The van der Waals surface area contributed by atoms with Gasteiger partial charge in [-0.05, 0) is 61.9 Å². The Balaban J connectivity index is 1.90. The van der Waals surface area contributed by atoms with Crippen molar-refractivity contribution in [2.75, 3.05) is 13.1 Å². The number of hydrogen-bond acceptors (Lipinski definition) is 1. The van der Waals surface area contributed by atoms with Gasteiger partial charge in [0.2, 0.25) is 0 Å². The van der Waals surface area contributed by atoms with Gasteiger partial charge in [-0.25, -0.2) is 0 Å². The molecule has 0 aromatic heterocycles. The third-order valence-corrected chi connectivity index (χ3v) is 5.44. The van der Waals surface area contributed by atoms with Gasteiger partial charge in [-0.15, -0.1) is 0 Å². The summed E-state index contributed by atoms with van der Waals surface area (Å²) in [6, 6.07) is 0. The first-order valence-corrected chi connectivity index (χ1v) is 8.31. The van der Waals surface area contributed by atoms with Crippen molar-refractivity contribution in [1.82, 2.24) is 5.32 Å². The highest BCUT2D eigenvalue weighted by molar-refractivity contribution is 4.87. The highest BCUT2D eigenvalue weighted by Crippen LogP contribution is 2.45. The third kappa shape index (κ3) is 3.98. The Morgan fingerprint density at radius 3 is 2.44 bits per heavy atom. The maximum atomic E-state index is 3.60. The lowest BCUT2D eigenvalue weighted by Gasteiger charge is -2.42. The summed E-state index contributed by atoms with van der Waals surface area (Å²) >= 11 is 0. The molecule has 2 fully saturated rings. The van der Waals surface area contributed by atoms with E-state index in [2.05, 4.69) is 26.1 Å². The topological polar surface area (TPSA) is 12.0 Å². The molecular weight excluding hydrogens is 218 g/mol. The van der Waals surface area contributed by atoms with Crippen molar-refractivity contribution in [2.24, 2.45) is 23.2 Å². The van der Waals surface area contributed by atoms with Crippen LogP contribution in [0.15, 0.2) is 0 Å². The van der Waals surface area contributed by atoms with E-state index in [-0.39, 0.29) is 0 Å². The maximum absolute atomic E-state index is 3.60. The third-order valence-electron chi connectivity index (χ3n) is 5.44. The first-order valence-electron chi connectivity index (χ1n) is 8.31. The Morgan fingerprint density at radius 1 is 1.06 bits per heavy atom. The first-order chi connectivity index (χ1) is 8.61. The summed E-state index contributed by atoms with van der Waals surface area (Å²) in [5.74, 6) is 3.02. The minimum Gasteiger partial charge on any atom is -0.317 e. The molecule has 2 saturated carbocycles. The van der Waals surface area contributed by atoms with Crippen LogP contribution in [0.1, 0.15) is 72.1 Å². The molecular formula is C17H33N. The average Bonchev–Trinajstić information content (AvgIpc) is 2.80. The molecule has 0 amide bonds. The summed E-state index contributed by atoms with van der Waals surface area (Å²) in [5, 5.41) is 3.60. The van der Waals surface area contributed by atoms with Crippen LogP contribution >= 0.6 is 0 Å². The van der Waals surface area contributed by atoms with Gasteiger partial charge in [-0.1, -0.05) is 46.5 Å². The molecule has 0 aromatic rings. The van der Waals surface area contributed by atoms with Crippen LogP contribution in [0.5, 0.6) is 0 Å². The highest BCUT2D eigenvalue weighted by Gasteiger charge is 2.35. The molecule has 2 aliphatic carbocycles. The summed E-state index contributed by atoms with van der Waals surface area (Å²) in [6.45, 7) is 9.61. The van der Waals surface area contributed by atoms with Crippen molar-refractivity contribution in [3.05, 3.63) is 0 Å². The second-order valence-corrected chi connectivity index (χ2v) is 7.62. The van der Waals surface area contributed by atoms with Crippen LogP contribution in [0.3, 0.4) is 0 Å². The molecule has 0 bridgehead atoms. The molecule has 1 nitrogen and oxygen atoms in total. The minimum absolute atomic E-state index is 0.603. The second kappa shape index (κ2) is 6.41. The van der Waals surface area contributed by atoms with Crippen molar-refractivity contribution >= 4 is 0 Å². The number of nitrogens with one attached hydrogen (secondary N) is 1. The lowest BCUT2D eigenvalue weighted by molar-refractivity contribution is 0.0976. The van der Waals surface area contributed by atoms with Crippen LogP contribution in [0, 0.1) is 23.2 Å². The SMILES string of the molecule is CCNCC1CCC(C)(C)CC1CC1CCCC1. The van der Waals surface area contributed by atoms with E-state index in [1.807, 2.05) is 0 Å². The molecule has 1 N–H and O–H groups in total. The molecule has 2 aliphatic rings. The van der Waals surface area contributed by atoms with Gasteiger partial charge in [-0.3, -0.25) is 0 Å². The Hall–Kier alpha value is -0.0400. The van der Waals surface area contributed by atoms with Gasteiger partial charge >= 0.3 is 0 Å². The predicted octanol–water partition coefficient (Wildman–Crippen LogP) is 4.62. The molecule has 2 atom stereocenters. The fourth-order valence-corrected chi connectivity index (χ4v) is 4.34. The summed E-state index contributed by atoms with van der Waals surface area (Å²) < 4.78 is 0. The lowest BCUT2D eigenvalue weighted by atomic mass is 9.65. The van der Waals surface area contributed by atoms with Gasteiger partial charge in [0, 0.05) is 0 Å². The van der Waals surface area contributed by atoms with Gasteiger partial charge < -0.3 is 5.32 Å². The molecule has 0 saturated heterocycles. The van der Waals surface area contributed by atoms with Gasteiger partial charge in [0.1, 0.15) is 0 Å². The maximum Gasteiger partial charge on any atom is -0.00180 e. The molecule has 18 heavy (non-hydrogen) atoms. The predicted molar refractivity (Wildman–Crippen MR) is 79.7 cm³/mol. The molecule has 2 rings (SSSR count). The van der Waals surface area contributed by atoms with Gasteiger partial charge in [0.05, 0.1) is 0 Å². The number of rotatable bonds is 5. The molecule has 0 heterocycles. The molecule has 0 aromatic carbocycles. The van der Waals surface area contributed by atoms with Crippen LogP contribution in [-0.2, 0) is 0 Å². The van der Waals surface area contributed by atoms with E-state index < -0.39 is 0 Å². The van der Waals surface area contributed by atoms with Crippen molar-refractivity contribution < 1.29 is 0 Å². The zero-order chi connectivity index (χ0) is 13.0. The van der Waals surface area contributed by atoms with Crippen LogP contribution in [0.2, 0.25) is 0 Å². The van der Waals surface area contributed by atoms with Gasteiger partial charge in [-0.2, -0.15) is 0 Å². The lowest BCUT2D eigenvalue weighted by Crippen LogP contribution is -2.36. The van der Waals surface area contributed by atoms with Crippen molar-refractivity contribution in [1.29, 1.82) is 0 Å². The quantitative estimate of drug-likeness (QED) is 0.752. The Morgan fingerprint density at radius 2 is 1.78 bits per heavy atom. The highest BCUT2D eigenvalue weighted by atomic mass is 14.8. The smallest absolute Gasteiger partial charge is 0.00180 e. The van der Waals surface area contributed by atoms with E-state index >= 15 is 0 Å². The van der Waals surface area contributed by atoms with Crippen LogP contribution in [0.4, 0.5) is 0 Å². The Labute approximate surface area is 114 Å². The van der Waals surface area contributed by atoms with Crippen LogP contribution in [0.25, 0.3) is 0 Å². The molecule has 0 aliphatic heterocycles. The largest absolute Gasteiger partial charge is 0.317 e. The monoisotopic (exact) mass is 251 g/mol. The van der Waals surface area contributed by atoms with E-state index in [1.54, 1.807) is 0 Å². The van der Waals surface area contributed by atoms with E-state index in [0.717, 1.165) is 24.3 Å². The normalized spacial score (nSPS) is 32.8. The summed E-state index contributed by atoms with van der Waals surface area (Å²) in [6.07, 6.45) is 11.9. The molecule has 1 heteroatoms. The van der Waals surface area contributed by atoms with E-state index in [0.29, 0.717) is 5.41 Å².